The van der Waals surface area contributed by atoms with E-state index in [2.05, 4.69) is 0 Å². The normalized spacial score (nSPS) is 12.5. The molecule has 0 aliphatic rings. The van der Waals surface area contributed by atoms with Gasteiger partial charge >= 0.3 is 0 Å². The molecule has 0 saturated carbocycles. The van der Waals surface area contributed by atoms with Gasteiger partial charge in [0.15, 0.2) is 0 Å². The maximum absolute atomic E-state index is 13.2. The molecule has 0 bridgehead atoms. The summed E-state index contributed by atoms with van der Waals surface area (Å²) in [6.07, 6.45) is 0. The Morgan fingerprint density at radius 1 is 1.47 bits per heavy atom. The van der Waals surface area contributed by atoms with Gasteiger partial charge in [-0.3, -0.25) is 0 Å². The average molecular weight is 240 g/mol. The molecule has 1 rings (SSSR count). The van der Waals surface area contributed by atoms with Gasteiger partial charge in [0.2, 0.25) is 0 Å². The molecular weight excluding hydrogens is 219 g/mol. The number of rotatable bonds is 6. The lowest BCUT2D eigenvalue weighted by Gasteiger charge is -2.23. The molecule has 96 valence electrons. The van der Waals surface area contributed by atoms with Crippen molar-refractivity contribution in [2.45, 2.75) is 19.9 Å². The van der Waals surface area contributed by atoms with Gasteiger partial charge in [0.05, 0.1) is 6.61 Å². The first-order valence-corrected chi connectivity index (χ1v) is 5.90. The van der Waals surface area contributed by atoms with Gasteiger partial charge in [-0.2, -0.15) is 0 Å². The molecule has 3 nitrogen and oxygen atoms in total. The van der Waals surface area contributed by atoms with Crippen LogP contribution in [0, 0.1) is 5.82 Å². The first kappa shape index (κ1) is 13.9. The summed E-state index contributed by atoms with van der Waals surface area (Å²) in [5, 5.41) is 0. The predicted octanol–water partition coefficient (Wildman–Crippen LogP) is 2.32. The van der Waals surface area contributed by atoms with Gasteiger partial charge in [0.25, 0.3) is 0 Å². The predicted molar refractivity (Wildman–Crippen MR) is 68.8 cm³/mol. The summed E-state index contributed by atoms with van der Waals surface area (Å²) in [6, 6.07) is 4.53. The zero-order valence-electron chi connectivity index (χ0n) is 10.7. The quantitative estimate of drug-likeness (QED) is 0.775. The highest BCUT2D eigenvalue weighted by Crippen LogP contribution is 2.25. The second-order valence-corrected chi connectivity index (χ2v) is 4.11. The van der Waals surface area contributed by atoms with Crippen LogP contribution < -0.4 is 10.6 Å². The highest BCUT2D eigenvalue weighted by Gasteiger charge is 2.11. The molecule has 0 radical (unpaired) electrons. The van der Waals surface area contributed by atoms with Crippen molar-refractivity contribution in [2.75, 3.05) is 31.7 Å². The maximum Gasteiger partial charge on any atom is 0.123 e. The van der Waals surface area contributed by atoms with Crippen LogP contribution in [-0.4, -0.2) is 26.8 Å². The summed E-state index contributed by atoms with van der Waals surface area (Å²) >= 11 is 0. The van der Waals surface area contributed by atoms with Gasteiger partial charge < -0.3 is 15.4 Å². The molecule has 1 atom stereocenters. The van der Waals surface area contributed by atoms with Gasteiger partial charge in [-0.05, 0) is 37.6 Å². The minimum atomic E-state index is -0.251. The maximum atomic E-state index is 13.2. The Morgan fingerprint density at radius 2 is 2.18 bits per heavy atom. The Labute approximate surface area is 102 Å². The Bertz CT molecular complexity index is 355. The first-order chi connectivity index (χ1) is 8.06. The number of hydrogen-bond acceptors (Lipinski definition) is 3. The van der Waals surface area contributed by atoms with Gasteiger partial charge in [0.1, 0.15) is 5.82 Å². The Morgan fingerprint density at radius 3 is 2.76 bits per heavy atom. The number of hydrogen-bond donors (Lipinski definition) is 1. The molecule has 0 amide bonds. The van der Waals surface area contributed by atoms with Crippen molar-refractivity contribution in [1.29, 1.82) is 0 Å². The van der Waals surface area contributed by atoms with E-state index in [-0.39, 0.29) is 11.9 Å². The summed E-state index contributed by atoms with van der Waals surface area (Å²) in [7, 11) is 1.96. The third kappa shape index (κ3) is 3.98. The highest BCUT2D eigenvalue weighted by atomic mass is 19.1. The molecule has 0 heterocycles. The van der Waals surface area contributed by atoms with Crippen LogP contribution >= 0.6 is 0 Å². The minimum absolute atomic E-state index is 0.185. The molecule has 0 aliphatic heterocycles. The molecule has 4 heteroatoms. The topological polar surface area (TPSA) is 38.5 Å². The summed E-state index contributed by atoms with van der Waals surface area (Å²) in [5.41, 5.74) is 7.63. The first-order valence-electron chi connectivity index (χ1n) is 5.90. The van der Waals surface area contributed by atoms with Gasteiger partial charge in [0, 0.05) is 31.9 Å². The summed E-state index contributed by atoms with van der Waals surface area (Å²) in [4.78, 5) is 2.04. The number of anilines is 1. The van der Waals surface area contributed by atoms with E-state index in [0.29, 0.717) is 13.2 Å². The average Bonchev–Trinajstić information content (AvgIpc) is 2.29. The van der Waals surface area contributed by atoms with Crippen molar-refractivity contribution in [3.05, 3.63) is 29.6 Å². The molecule has 1 aromatic carbocycles. The van der Waals surface area contributed by atoms with Crippen LogP contribution in [0.2, 0.25) is 0 Å². The molecule has 17 heavy (non-hydrogen) atoms. The number of ether oxygens (including phenoxy) is 1. The van der Waals surface area contributed by atoms with Crippen molar-refractivity contribution >= 4 is 5.69 Å². The van der Waals surface area contributed by atoms with Crippen LogP contribution in [-0.2, 0) is 4.74 Å². The molecule has 0 unspecified atom stereocenters. The van der Waals surface area contributed by atoms with Crippen molar-refractivity contribution in [2.24, 2.45) is 5.73 Å². The van der Waals surface area contributed by atoms with Crippen molar-refractivity contribution in [3.63, 3.8) is 0 Å². The molecule has 0 saturated heterocycles. The lowest BCUT2D eigenvalue weighted by molar-refractivity contribution is 0.154. The van der Waals surface area contributed by atoms with Crippen LogP contribution in [0.1, 0.15) is 25.5 Å². The van der Waals surface area contributed by atoms with E-state index in [4.69, 9.17) is 10.5 Å². The fraction of sp³-hybridized carbons (Fsp3) is 0.538. The van der Waals surface area contributed by atoms with Crippen LogP contribution in [0.5, 0.6) is 0 Å². The van der Waals surface area contributed by atoms with E-state index < -0.39 is 0 Å². The third-order valence-electron chi connectivity index (χ3n) is 2.67. The molecule has 1 aromatic rings. The van der Waals surface area contributed by atoms with Gasteiger partial charge in [-0.25, -0.2) is 4.39 Å². The molecule has 0 aromatic heterocycles. The van der Waals surface area contributed by atoms with E-state index in [1.54, 1.807) is 6.07 Å². The van der Waals surface area contributed by atoms with Crippen molar-refractivity contribution in [3.8, 4) is 0 Å². The zero-order valence-corrected chi connectivity index (χ0v) is 10.7. The van der Waals surface area contributed by atoms with Crippen LogP contribution in [0.15, 0.2) is 18.2 Å². The number of halogens is 1. The summed E-state index contributed by atoms with van der Waals surface area (Å²) in [5.74, 6) is -0.251. The summed E-state index contributed by atoms with van der Waals surface area (Å²) in [6.45, 7) is 5.94. The van der Waals surface area contributed by atoms with E-state index >= 15 is 0 Å². The Balaban J connectivity index is 2.81. The number of nitrogens with two attached hydrogens (primary N) is 1. The number of nitrogens with zero attached hydrogens (tertiary/aromatic N) is 1. The Hall–Kier alpha value is -1.13. The highest BCUT2D eigenvalue weighted by molar-refractivity contribution is 5.54. The van der Waals surface area contributed by atoms with Crippen LogP contribution in [0.25, 0.3) is 0 Å². The zero-order chi connectivity index (χ0) is 12.8. The minimum Gasteiger partial charge on any atom is -0.380 e. The molecule has 0 fully saturated rings. The fourth-order valence-corrected chi connectivity index (χ4v) is 1.70. The van der Waals surface area contributed by atoms with E-state index in [1.807, 2.05) is 25.8 Å². The molecular formula is C13H21FN2O. The number of benzene rings is 1. The molecule has 2 N–H and O–H groups in total. The molecule has 0 aliphatic carbocycles. The fourth-order valence-electron chi connectivity index (χ4n) is 1.70. The van der Waals surface area contributed by atoms with Crippen LogP contribution in [0.4, 0.5) is 10.1 Å². The van der Waals surface area contributed by atoms with E-state index in [0.717, 1.165) is 17.8 Å². The largest absolute Gasteiger partial charge is 0.380 e. The van der Waals surface area contributed by atoms with Crippen molar-refractivity contribution < 1.29 is 9.13 Å². The third-order valence-corrected chi connectivity index (χ3v) is 2.67. The smallest absolute Gasteiger partial charge is 0.123 e. The lowest BCUT2D eigenvalue weighted by atomic mass is 10.1. The van der Waals surface area contributed by atoms with Gasteiger partial charge in [-0.15, -0.1) is 0 Å². The van der Waals surface area contributed by atoms with E-state index in [1.165, 1.54) is 12.1 Å². The van der Waals surface area contributed by atoms with Gasteiger partial charge in [-0.1, -0.05) is 0 Å². The Kier molecular flexibility index (Phi) is 5.38. The molecule has 0 spiro atoms. The second kappa shape index (κ2) is 6.57. The number of likely N-dealkylation sites (N-methyl/N-ethyl adjacent to an activating group) is 1. The van der Waals surface area contributed by atoms with Crippen molar-refractivity contribution in [1.82, 2.24) is 0 Å². The SMILES string of the molecule is CCOCCN(C)c1ccc(F)cc1[C@@H](C)N. The van der Waals surface area contributed by atoms with Crippen LogP contribution in [0.3, 0.4) is 0 Å². The lowest BCUT2D eigenvalue weighted by Crippen LogP contribution is -2.25. The summed E-state index contributed by atoms with van der Waals surface area (Å²) < 4.78 is 18.5. The standard InChI is InChI=1S/C13H21FN2O/c1-4-17-8-7-16(3)13-6-5-11(14)9-12(13)10(2)15/h5-6,9-10H,4,7-8,15H2,1-3H3/t10-/m1/s1. The monoisotopic (exact) mass is 240 g/mol. The second-order valence-electron chi connectivity index (χ2n) is 4.11. The van der Waals surface area contributed by atoms with E-state index in [9.17, 15) is 4.39 Å².